The number of halogens is 2. The van der Waals surface area contributed by atoms with E-state index in [2.05, 4.69) is 5.32 Å². The Morgan fingerprint density at radius 1 is 1.24 bits per heavy atom. The second kappa shape index (κ2) is 6.84. The molecular weight excluding hydrogens is 276 g/mol. The first-order valence-electron chi connectivity index (χ1n) is 6.73. The summed E-state index contributed by atoms with van der Waals surface area (Å²) in [5, 5.41) is 11.4. The van der Waals surface area contributed by atoms with Gasteiger partial charge in [0.25, 0.3) is 5.91 Å². The van der Waals surface area contributed by atoms with Gasteiger partial charge in [0.15, 0.2) is 0 Å². The fourth-order valence-corrected chi connectivity index (χ4v) is 2.19. The monoisotopic (exact) mass is 291 g/mol. The predicted octanol–water partition coefficient (Wildman–Crippen LogP) is 2.80. The second-order valence-corrected chi connectivity index (χ2v) is 4.76. The van der Waals surface area contributed by atoms with Gasteiger partial charge in [-0.05, 0) is 31.4 Å². The van der Waals surface area contributed by atoms with Crippen molar-refractivity contribution >= 4 is 11.6 Å². The molecule has 0 aliphatic carbocycles. The van der Waals surface area contributed by atoms with Crippen molar-refractivity contribution in [2.24, 2.45) is 0 Å². The van der Waals surface area contributed by atoms with Gasteiger partial charge in [0, 0.05) is 19.3 Å². The van der Waals surface area contributed by atoms with Crippen molar-refractivity contribution in [2.45, 2.75) is 19.3 Å². The number of nitrogens with zero attached hydrogens (tertiary/aromatic N) is 2. The van der Waals surface area contributed by atoms with Gasteiger partial charge in [-0.3, -0.25) is 4.79 Å². The van der Waals surface area contributed by atoms with Gasteiger partial charge < -0.3 is 10.2 Å². The number of benzene rings is 1. The number of anilines is 1. The zero-order valence-electron chi connectivity index (χ0n) is 11.4. The zero-order valence-corrected chi connectivity index (χ0v) is 11.4. The van der Waals surface area contributed by atoms with Crippen LogP contribution >= 0.6 is 0 Å². The first-order valence-corrected chi connectivity index (χ1v) is 6.73. The third-order valence-corrected chi connectivity index (χ3v) is 3.32. The number of rotatable bonds is 3. The Kier molecular flexibility index (Phi) is 4.88. The van der Waals surface area contributed by atoms with E-state index in [1.165, 1.54) is 6.07 Å². The zero-order chi connectivity index (χ0) is 15.2. The van der Waals surface area contributed by atoms with Gasteiger partial charge in [0.05, 0.1) is 0 Å². The van der Waals surface area contributed by atoms with Gasteiger partial charge in [-0.2, -0.15) is 5.26 Å². The summed E-state index contributed by atoms with van der Waals surface area (Å²) in [6.07, 6.45) is 3.92. The van der Waals surface area contributed by atoms with Crippen LogP contribution in [0, 0.1) is 23.0 Å². The van der Waals surface area contributed by atoms with Crippen LogP contribution in [0.25, 0.3) is 0 Å². The minimum Gasteiger partial charge on any atom is -0.355 e. The van der Waals surface area contributed by atoms with Crippen LogP contribution in [-0.4, -0.2) is 23.9 Å². The lowest BCUT2D eigenvalue weighted by Gasteiger charge is -2.26. The summed E-state index contributed by atoms with van der Waals surface area (Å²) < 4.78 is 26.9. The fourth-order valence-electron chi connectivity index (χ4n) is 2.19. The van der Waals surface area contributed by atoms with Crippen LogP contribution in [0.4, 0.5) is 14.5 Å². The van der Waals surface area contributed by atoms with E-state index in [4.69, 9.17) is 5.26 Å². The van der Waals surface area contributed by atoms with Crippen molar-refractivity contribution in [1.29, 1.82) is 5.26 Å². The second-order valence-electron chi connectivity index (χ2n) is 4.76. The first kappa shape index (κ1) is 15.0. The molecule has 110 valence electrons. The minimum absolute atomic E-state index is 0.167. The number of nitrogens with one attached hydrogen (secondary N) is 1. The first-order chi connectivity index (χ1) is 10.1. The Balaban J connectivity index is 2.14. The summed E-state index contributed by atoms with van der Waals surface area (Å²) in [7, 11) is 0. The summed E-state index contributed by atoms with van der Waals surface area (Å²) in [6, 6.07) is 5.20. The summed E-state index contributed by atoms with van der Waals surface area (Å²) in [4.78, 5) is 13.7. The van der Waals surface area contributed by atoms with Crippen LogP contribution < -0.4 is 5.32 Å². The molecule has 1 fully saturated rings. The van der Waals surface area contributed by atoms with E-state index < -0.39 is 17.5 Å². The maximum Gasteiger partial charge on any atom is 0.266 e. The van der Waals surface area contributed by atoms with Crippen molar-refractivity contribution in [3.8, 4) is 6.07 Å². The average molecular weight is 291 g/mol. The molecule has 1 aromatic rings. The lowest BCUT2D eigenvalue weighted by molar-refractivity contribution is -0.127. The van der Waals surface area contributed by atoms with Crippen LogP contribution in [0.5, 0.6) is 0 Å². The number of amides is 1. The van der Waals surface area contributed by atoms with E-state index in [0.29, 0.717) is 13.1 Å². The number of para-hydroxylation sites is 1. The van der Waals surface area contributed by atoms with E-state index in [0.717, 1.165) is 37.6 Å². The molecule has 1 aliphatic rings. The molecule has 1 heterocycles. The Morgan fingerprint density at radius 3 is 2.43 bits per heavy atom. The van der Waals surface area contributed by atoms with Gasteiger partial charge in [-0.1, -0.05) is 6.07 Å². The fraction of sp³-hybridized carbons (Fsp3) is 0.333. The average Bonchev–Trinajstić information content (AvgIpc) is 2.51. The van der Waals surface area contributed by atoms with E-state index in [9.17, 15) is 13.6 Å². The highest BCUT2D eigenvalue weighted by atomic mass is 19.1. The van der Waals surface area contributed by atoms with Crippen LogP contribution in [0.15, 0.2) is 30.0 Å². The third-order valence-electron chi connectivity index (χ3n) is 3.32. The van der Waals surface area contributed by atoms with Crippen LogP contribution in [0.2, 0.25) is 0 Å². The summed E-state index contributed by atoms with van der Waals surface area (Å²) in [6.45, 7) is 1.21. The summed E-state index contributed by atoms with van der Waals surface area (Å²) in [5.74, 6) is -1.98. The van der Waals surface area contributed by atoms with Crippen LogP contribution in [-0.2, 0) is 4.79 Å². The molecule has 0 atom stereocenters. The van der Waals surface area contributed by atoms with E-state index in [1.54, 1.807) is 11.0 Å². The Bertz CT molecular complexity index is 581. The molecule has 2 rings (SSSR count). The number of piperidine rings is 1. The Morgan fingerprint density at radius 2 is 1.86 bits per heavy atom. The molecule has 1 aliphatic heterocycles. The van der Waals surface area contributed by atoms with Crippen molar-refractivity contribution in [2.75, 3.05) is 18.4 Å². The lowest BCUT2D eigenvalue weighted by Crippen LogP contribution is -2.36. The molecule has 21 heavy (non-hydrogen) atoms. The van der Waals surface area contributed by atoms with Crippen LogP contribution in [0.1, 0.15) is 19.3 Å². The molecule has 1 saturated heterocycles. The normalized spacial score (nSPS) is 15.5. The molecule has 1 amide bonds. The van der Waals surface area contributed by atoms with E-state index in [-0.39, 0.29) is 11.3 Å². The molecule has 0 saturated carbocycles. The van der Waals surface area contributed by atoms with Gasteiger partial charge in [-0.15, -0.1) is 0 Å². The smallest absolute Gasteiger partial charge is 0.266 e. The maximum absolute atomic E-state index is 13.5. The van der Waals surface area contributed by atoms with Crippen molar-refractivity contribution < 1.29 is 13.6 Å². The van der Waals surface area contributed by atoms with E-state index >= 15 is 0 Å². The Labute approximate surface area is 121 Å². The SMILES string of the molecule is N#C/C(=C/Nc1c(F)cccc1F)C(=O)N1CCCCC1. The number of carbonyl (C=O) groups excluding carboxylic acids is 1. The highest BCUT2D eigenvalue weighted by Gasteiger charge is 2.20. The molecule has 0 radical (unpaired) electrons. The molecular formula is C15H15F2N3O. The van der Waals surface area contributed by atoms with Crippen molar-refractivity contribution in [3.63, 3.8) is 0 Å². The number of hydrogen-bond donors (Lipinski definition) is 1. The molecule has 4 nitrogen and oxygen atoms in total. The van der Waals surface area contributed by atoms with E-state index in [1.807, 2.05) is 0 Å². The number of nitriles is 1. The highest BCUT2D eigenvalue weighted by Crippen LogP contribution is 2.19. The number of hydrogen-bond acceptors (Lipinski definition) is 3. The molecule has 0 bridgehead atoms. The quantitative estimate of drug-likeness (QED) is 0.688. The van der Waals surface area contributed by atoms with Gasteiger partial charge >= 0.3 is 0 Å². The molecule has 6 heteroatoms. The number of carbonyl (C=O) groups is 1. The van der Waals surface area contributed by atoms with Gasteiger partial charge in [0.1, 0.15) is 29.0 Å². The minimum atomic E-state index is -0.783. The molecule has 1 aromatic carbocycles. The highest BCUT2D eigenvalue weighted by molar-refractivity contribution is 5.97. The molecule has 0 aromatic heterocycles. The largest absolute Gasteiger partial charge is 0.355 e. The topological polar surface area (TPSA) is 56.1 Å². The summed E-state index contributed by atoms with van der Waals surface area (Å²) >= 11 is 0. The van der Waals surface area contributed by atoms with Crippen molar-refractivity contribution in [1.82, 2.24) is 4.90 Å². The lowest BCUT2D eigenvalue weighted by atomic mass is 10.1. The van der Waals surface area contributed by atoms with Gasteiger partial charge in [0.2, 0.25) is 0 Å². The van der Waals surface area contributed by atoms with Crippen molar-refractivity contribution in [3.05, 3.63) is 41.6 Å². The maximum atomic E-state index is 13.5. The number of likely N-dealkylation sites (tertiary alicyclic amines) is 1. The van der Waals surface area contributed by atoms with Crippen LogP contribution in [0.3, 0.4) is 0 Å². The molecule has 0 spiro atoms. The third kappa shape index (κ3) is 3.57. The predicted molar refractivity (Wildman–Crippen MR) is 74.1 cm³/mol. The molecule has 0 unspecified atom stereocenters. The summed E-state index contributed by atoms with van der Waals surface area (Å²) in [5.41, 5.74) is -0.545. The molecule has 1 N–H and O–H groups in total. The Hall–Kier alpha value is -2.42. The standard InChI is InChI=1S/C15H15F2N3O/c16-12-5-4-6-13(17)14(12)19-10-11(9-18)15(21)20-7-2-1-3-8-20/h4-6,10,19H,1-3,7-8H2/b11-10-. The van der Waals surface area contributed by atoms with Gasteiger partial charge in [-0.25, -0.2) is 8.78 Å².